The first-order chi connectivity index (χ1) is 21.1. The Morgan fingerprint density at radius 3 is 2.41 bits per heavy atom. The largest absolute Gasteiger partial charge is 0.497 e. The van der Waals surface area contributed by atoms with E-state index >= 15 is 0 Å². The zero-order valence-corrected chi connectivity index (χ0v) is 26.6. The van der Waals surface area contributed by atoms with Crippen LogP contribution in [-0.4, -0.2) is 73.4 Å². The summed E-state index contributed by atoms with van der Waals surface area (Å²) in [4.78, 5) is 24.8. The molecule has 0 bridgehead atoms. The van der Waals surface area contributed by atoms with Crippen LogP contribution in [-0.2, 0) is 29.7 Å². The Kier molecular flexibility index (Phi) is 11.0. The topological polar surface area (TPSA) is 108 Å². The Balaban J connectivity index is 1.78. The highest BCUT2D eigenvalue weighted by molar-refractivity contribution is 7.48. The number of rotatable bonds is 14. The Hall–Kier alpha value is -3.93. The molecular weight excluding hydrogens is 588 g/mol. The highest BCUT2D eigenvalue weighted by atomic mass is 31.2. The molecule has 0 aliphatic heterocycles. The molecular formula is C31H37FN5O6P. The number of halogens is 1. The summed E-state index contributed by atoms with van der Waals surface area (Å²) < 4.78 is 50.5. The van der Waals surface area contributed by atoms with Crippen molar-refractivity contribution in [1.29, 1.82) is 0 Å². The Labute approximate surface area is 256 Å². The number of amides is 1. The lowest BCUT2D eigenvalue weighted by atomic mass is 10.0. The van der Waals surface area contributed by atoms with Gasteiger partial charge in [-0.2, -0.15) is 4.39 Å². The van der Waals surface area contributed by atoms with Crippen LogP contribution >= 0.6 is 7.82 Å². The van der Waals surface area contributed by atoms with Crippen molar-refractivity contribution in [3.05, 3.63) is 73.1 Å². The van der Waals surface area contributed by atoms with E-state index < -0.39 is 13.8 Å². The predicted molar refractivity (Wildman–Crippen MR) is 168 cm³/mol. The molecule has 0 spiro atoms. The molecule has 13 heteroatoms. The number of anilines is 1. The Morgan fingerprint density at radius 1 is 1.00 bits per heavy atom. The molecule has 0 fully saturated rings. The van der Waals surface area contributed by atoms with E-state index in [1.165, 1.54) is 23.2 Å². The summed E-state index contributed by atoms with van der Waals surface area (Å²) in [6.07, 6.45) is 8.14. The van der Waals surface area contributed by atoms with Crippen LogP contribution in [0.1, 0.15) is 13.8 Å². The summed E-state index contributed by atoms with van der Waals surface area (Å²) >= 11 is 0. The van der Waals surface area contributed by atoms with E-state index in [4.69, 9.17) is 23.3 Å². The highest BCUT2D eigenvalue weighted by Crippen LogP contribution is 2.49. The van der Waals surface area contributed by atoms with E-state index in [0.717, 1.165) is 11.1 Å². The average Bonchev–Trinajstić information content (AvgIpc) is 3.37. The molecule has 1 amide bonds. The number of pyridine rings is 2. The van der Waals surface area contributed by atoms with Gasteiger partial charge in [-0.25, -0.2) is 14.5 Å². The van der Waals surface area contributed by atoms with E-state index in [9.17, 15) is 13.8 Å². The maximum Gasteiger partial charge on any atom is 0.476 e. The summed E-state index contributed by atoms with van der Waals surface area (Å²) in [5.41, 5.74) is 3.83. The van der Waals surface area contributed by atoms with E-state index in [0.29, 0.717) is 40.1 Å². The lowest BCUT2D eigenvalue weighted by Crippen LogP contribution is -2.24. The number of methoxy groups -OCH3 is 1. The van der Waals surface area contributed by atoms with E-state index in [1.54, 1.807) is 63.2 Å². The van der Waals surface area contributed by atoms with Gasteiger partial charge in [-0.05, 0) is 63.3 Å². The first-order valence-electron chi connectivity index (χ1n) is 14.0. The van der Waals surface area contributed by atoms with Crippen LogP contribution in [0.3, 0.4) is 0 Å². The van der Waals surface area contributed by atoms with Crippen molar-refractivity contribution in [3.63, 3.8) is 0 Å². The normalized spacial score (nSPS) is 12.0. The van der Waals surface area contributed by atoms with Gasteiger partial charge in [0.2, 0.25) is 11.9 Å². The van der Waals surface area contributed by atoms with E-state index in [-0.39, 0.29) is 25.9 Å². The molecule has 234 valence electrons. The fraction of sp³-hybridized carbons (Fsp3) is 0.323. The van der Waals surface area contributed by atoms with Crippen LogP contribution in [0.5, 0.6) is 5.75 Å². The number of phosphoric acid groups is 1. The molecule has 0 unspecified atom stereocenters. The van der Waals surface area contributed by atoms with E-state index in [2.05, 4.69) is 4.98 Å². The molecule has 3 heterocycles. The van der Waals surface area contributed by atoms with Gasteiger partial charge in [0, 0.05) is 72.6 Å². The molecule has 44 heavy (non-hydrogen) atoms. The monoisotopic (exact) mass is 625 g/mol. The fourth-order valence-electron chi connectivity index (χ4n) is 4.45. The number of ether oxygens (including phenoxy) is 1. The second-order valence-electron chi connectivity index (χ2n) is 10.00. The summed E-state index contributed by atoms with van der Waals surface area (Å²) in [6.45, 7) is 4.12. The highest BCUT2D eigenvalue weighted by Gasteiger charge is 2.26. The zero-order valence-electron chi connectivity index (χ0n) is 25.7. The van der Waals surface area contributed by atoms with Gasteiger partial charge in [-0.3, -0.25) is 18.4 Å². The first-order valence-corrected chi connectivity index (χ1v) is 15.5. The molecule has 0 saturated carbocycles. The maximum absolute atomic E-state index is 14.2. The third kappa shape index (κ3) is 7.96. The fourth-order valence-corrected chi connectivity index (χ4v) is 5.58. The number of hydrogen-bond acceptors (Lipinski definition) is 9. The van der Waals surface area contributed by atoms with Crippen LogP contribution in [0.2, 0.25) is 0 Å². The number of carbonyl (C=O) groups is 1. The minimum Gasteiger partial charge on any atom is -0.497 e. The molecule has 4 rings (SSSR count). The van der Waals surface area contributed by atoms with Crippen molar-refractivity contribution in [2.24, 2.45) is 0 Å². The minimum absolute atomic E-state index is 0.141. The van der Waals surface area contributed by atoms with Crippen molar-refractivity contribution in [1.82, 2.24) is 19.4 Å². The molecule has 0 saturated heterocycles. The second-order valence-corrected chi connectivity index (χ2v) is 11.7. The van der Waals surface area contributed by atoms with Crippen molar-refractivity contribution >= 4 is 30.5 Å². The number of aromatic nitrogens is 3. The van der Waals surface area contributed by atoms with Crippen molar-refractivity contribution in [3.8, 4) is 28.0 Å². The summed E-state index contributed by atoms with van der Waals surface area (Å²) in [5.74, 6) is -0.264. The number of nitrogens with zero attached hydrogens (tertiary/aromatic N) is 5. The first kappa shape index (κ1) is 33.0. The Bertz CT molecular complexity index is 1680. The lowest BCUT2D eigenvalue weighted by Gasteiger charge is -2.18. The molecule has 3 aromatic heterocycles. The Morgan fingerprint density at radius 2 is 1.75 bits per heavy atom. The number of hydrogen-bond donors (Lipinski definition) is 0. The third-order valence-corrected chi connectivity index (χ3v) is 8.17. The molecule has 4 aromatic rings. The van der Waals surface area contributed by atoms with Crippen molar-refractivity contribution in [2.75, 3.05) is 52.9 Å². The predicted octanol–water partition coefficient (Wildman–Crippen LogP) is 6.15. The molecule has 0 radical (unpaired) electrons. The van der Waals surface area contributed by atoms with E-state index in [1.807, 2.05) is 37.2 Å². The summed E-state index contributed by atoms with van der Waals surface area (Å²) in [7, 11) is 3.30. The zero-order chi connectivity index (χ0) is 31.9. The third-order valence-electron chi connectivity index (χ3n) is 6.59. The van der Waals surface area contributed by atoms with Gasteiger partial charge in [-0.15, -0.1) is 0 Å². The van der Waals surface area contributed by atoms with Gasteiger partial charge in [0.1, 0.15) is 18.1 Å². The summed E-state index contributed by atoms with van der Waals surface area (Å²) in [5, 5.41) is 0.680. The van der Waals surface area contributed by atoms with Crippen LogP contribution in [0.4, 0.5) is 10.1 Å². The molecule has 0 aliphatic carbocycles. The van der Waals surface area contributed by atoms with Crippen LogP contribution in [0.25, 0.3) is 33.3 Å². The standard InChI is InChI=1S/C31H37FN5O6P/c1-7-41-44(39,42-8-2)43-21-37-20-28(22-11-12-33-29(32)17-22)27-16-24(19-34-31(27)37)23-14-25(18-26(15-23)40-6)36(5)30(38)10-9-13-35(3)4/h9-12,14-20H,7-8,13,21H2,1-6H3. The van der Waals surface area contributed by atoms with Crippen LogP contribution in [0.15, 0.2) is 67.1 Å². The number of carbonyl (C=O) groups excluding carboxylic acids is 1. The van der Waals surface area contributed by atoms with Crippen molar-refractivity contribution < 1.29 is 32.1 Å². The molecule has 0 aliphatic rings. The quantitative estimate of drug-likeness (QED) is 0.0926. The van der Waals surface area contributed by atoms with Crippen LogP contribution < -0.4 is 9.64 Å². The van der Waals surface area contributed by atoms with Gasteiger partial charge < -0.3 is 19.1 Å². The van der Waals surface area contributed by atoms with Gasteiger partial charge in [0.05, 0.1) is 20.3 Å². The number of likely N-dealkylation sites (N-methyl/N-ethyl adjacent to an activating group) is 2. The maximum atomic E-state index is 14.2. The van der Waals surface area contributed by atoms with Gasteiger partial charge in [0.25, 0.3) is 0 Å². The average molecular weight is 626 g/mol. The number of benzene rings is 1. The summed E-state index contributed by atoms with van der Waals surface area (Å²) in [6, 6.07) is 10.4. The second kappa shape index (κ2) is 14.7. The smallest absolute Gasteiger partial charge is 0.476 e. The van der Waals surface area contributed by atoms with Gasteiger partial charge in [-0.1, -0.05) is 6.08 Å². The number of phosphoric ester groups is 1. The minimum atomic E-state index is -3.81. The van der Waals surface area contributed by atoms with Crippen LogP contribution in [0, 0.1) is 5.95 Å². The number of fused-ring (bicyclic) bond motifs is 1. The lowest BCUT2D eigenvalue weighted by molar-refractivity contribution is -0.113. The molecule has 0 atom stereocenters. The molecule has 0 N–H and O–H groups in total. The van der Waals surface area contributed by atoms with Gasteiger partial charge in [0.15, 0.2) is 0 Å². The molecule has 11 nitrogen and oxygen atoms in total. The SMILES string of the molecule is CCOP(=O)(OCC)OCn1cc(-c2ccnc(F)c2)c2cc(-c3cc(OC)cc(N(C)C(=O)C=CCN(C)C)c3)cnc21. The van der Waals surface area contributed by atoms with Crippen molar-refractivity contribution in [2.45, 2.75) is 20.6 Å². The van der Waals surface area contributed by atoms with Gasteiger partial charge >= 0.3 is 7.82 Å². The molecule has 1 aromatic carbocycles.